The first-order chi connectivity index (χ1) is 9.72. The average molecular weight is 273 g/mol. The van der Waals surface area contributed by atoms with E-state index in [1.807, 2.05) is 42.9 Å². The Morgan fingerprint density at radius 1 is 1.20 bits per heavy atom. The summed E-state index contributed by atoms with van der Waals surface area (Å²) in [5, 5.41) is 7.96. The van der Waals surface area contributed by atoms with Crippen LogP contribution in [0.1, 0.15) is 31.1 Å². The molecule has 4 heteroatoms. The van der Waals surface area contributed by atoms with Crippen molar-refractivity contribution in [1.29, 1.82) is 0 Å². The van der Waals surface area contributed by atoms with Crippen LogP contribution in [0.25, 0.3) is 0 Å². The number of nitrogens with zero attached hydrogens (tertiary/aromatic N) is 2. The lowest BCUT2D eigenvalue weighted by Crippen LogP contribution is -2.25. The molecule has 1 N–H and O–H groups in total. The van der Waals surface area contributed by atoms with E-state index in [0.717, 1.165) is 24.5 Å². The van der Waals surface area contributed by atoms with Crippen molar-refractivity contribution in [3.05, 3.63) is 47.8 Å². The van der Waals surface area contributed by atoms with E-state index in [4.69, 9.17) is 4.74 Å². The van der Waals surface area contributed by atoms with Gasteiger partial charge in [0.1, 0.15) is 5.75 Å². The molecule has 4 nitrogen and oxygen atoms in total. The van der Waals surface area contributed by atoms with E-state index in [0.29, 0.717) is 6.61 Å². The summed E-state index contributed by atoms with van der Waals surface area (Å²) >= 11 is 0. The van der Waals surface area contributed by atoms with E-state index >= 15 is 0 Å². The quantitative estimate of drug-likeness (QED) is 0.843. The molecule has 108 valence electrons. The molecule has 0 aliphatic rings. The van der Waals surface area contributed by atoms with Gasteiger partial charge in [-0.15, -0.1) is 0 Å². The van der Waals surface area contributed by atoms with Gasteiger partial charge in [0.15, 0.2) is 0 Å². The number of rotatable bonds is 7. The SMILES string of the molecule is CCNC(Cn1ccc(C)n1)c1ccc(OCC)cc1. The van der Waals surface area contributed by atoms with Gasteiger partial charge < -0.3 is 10.1 Å². The van der Waals surface area contributed by atoms with Gasteiger partial charge in [0.25, 0.3) is 0 Å². The number of ether oxygens (including phenoxy) is 1. The predicted molar refractivity (Wildman–Crippen MR) is 81.0 cm³/mol. The molecule has 20 heavy (non-hydrogen) atoms. The Morgan fingerprint density at radius 3 is 2.50 bits per heavy atom. The lowest BCUT2D eigenvalue weighted by atomic mass is 10.1. The van der Waals surface area contributed by atoms with Crippen LogP contribution in [0.5, 0.6) is 5.75 Å². The van der Waals surface area contributed by atoms with E-state index in [9.17, 15) is 0 Å². The second-order valence-electron chi connectivity index (χ2n) is 4.79. The van der Waals surface area contributed by atoms with Crippen molar-refractivity contribution in [3.63, 3.8) is 0 Å². The molecular formula is C16H23N3O. The Bertz CT molecular complexity index is 519. The van der Waals surface area contributed by atoms with Gasteiger partial charge >= 0.3 is 0 Å². The Hall–Kier alpha value is -1.81. The minimum absolute atomic E-state index is 0.259. The Kier molecular flexibility index (Phi) is 5.18. The number of aryl methyl sites for hydroxylation is 1. The molecule has 1 aromatic heterocycles. The maximum absolute atomic E-state index is 5.48. The summed E-state index contributed by atoms with van der Waals surface area (Å²) in [6.07, 6.45) is 2.02. The highest BCUT2D eigenvalue weighted by molar-refractivity contribution is 5.29. The number of hydrogen-bond donors (Lipinski definition) is 1. The van der Waals surface area contributed by atoms with Gasteiger partial charge in [-0.3, -0.25) is 4.68 Å². The number of aromatic nitrogens is 2. The highest BCUT2D eigenvalue weighted by Gasteiger charge is 2.11. The van der Waals surface area contributed by atoms with Crippen LogP contribution in [-0.2, 0) is 6.54 Å². The third-order valence-electron chi connectivity index (χ3n) is 3.19. The molecule has 0 aliphatic carbocycles. The van der Waals surface area contributed by atoms with Crippen molar-refractivity contribution in [1.82, 2.24) is 15.1 Å². The highest BCUT2D eigenvalue weighted by Crippen LogP contribution is 2.19. The lowest BCUT2D eigenvalue weighted by Gasteiger charge is -2.19. The summed E-state index contributed by atoms with van der Waals surface area (Å²) in [4.78, 5) is 0. The summed E-state index contributed by atoms with van der Waals surface area (Å²) in [7, 11) is 0. The van der Waals surface area contributed by atoms with E-state index in [1.165, 1.54) is 5.56 Å². The summed E-state index contributed by atoms with van der Waals surface area (Å²) in [6, 6.07) is 10.6. The van der Waals surface area contributed by atoms with E-state index in [-0.39, 0.29) is 6.04 Å². The third kappa shape index (κ3) is 3.84. The Labute approximate surface area is 120 Å². The Balaban J connectivity index is 2.10. The van der Waals surface area contributed by atoms with Crippen LogP contribution in [0.15, 0.2) is 36.5 Å². The van der Waals surface area contributed by atoms with Crippen LogP contribution in [0.3, 0.4) is 0 Å². The number of likely N-dealkylation sites (N-methyl/N-ethyl adjacent to an activating group) is 1. The molecule has 0 aliphatic heterocycles. The largest absolute Gasteiger partial charge is 0.494 e. The maximum Gasteiger partial charge on any atom is 0.119 e. The molecule has 0 saturated heterocycles. The number of nitrogens with one attached hydrogen (secondary N) is 1. The molecule has 2 rings (SSSR count). The van der Waals surface area contributed by atoms with Crippen LogP contribution < -0.4 is 10.1 Å². The van der Waals surface area contributed by atoms with Gasteiger partial charge in [-0.05, 0) is 44.2 Å². The molecule has 2 aromatic rings. The zero-order valence-corrected chi connectivity index (χ0v) is 12.5. The smallest absolute Gasteiger partial charge is 0.119 e. The second-order valence-corrected chi connectivity index (χ2v) is 4.79. The standard InChI is InChI=1S/C16H23N3O/c1-4-17-16(12-19-11-10-13(3)18-19)14-6-8-15(9-7-14)20-5-2/h6-11,16-17H,4-5,12H2,1-3H3. The first kappa shape index (κ1) is 14.6. The first-order valence-electron chi connectivity index (χ1n) is 7.19. The topological polar surface area (TPSA) is 39.1 Å². The molecule has 1 aromatic carbocycles. The monoisotopic (exact) mass is 273 g/mol. The lowest BCUT2D eigenvalue weighted by molar-refractivity contribution is 0.340. The zero-order valence-electron chi connectivity index (χ0n) is 12.5. The minimum Gasteiger partial charge on any atom is -0.494 e. The molecule has 1 atom stereocenters. The number of benzene rings is 1. The van der Waals surface area contributed by atoms with Gasteiger partial charge in [0.05, 0.1) is 24.9 Å². The molecule has 0 amide bonds. The third-order valence-corrected chi connectivity index (χ3v) is 3.19. The fourth-order valence-corrected chi connectivity index (χ4v) is 2.25. The van der Waals surface area contributed by atoms with Crippen molar-refractivity contribution in [2.24, 2.45) is 0 Å². The molecular weight excluding hydrogens is 250 g/mol. The predicted octanol–water partition coefficient (Wildman–Crippen LogP) is 2.94. The van der Waals surface area contributed by atoms with Gasteiger partial charge in [-0.25, -0.2) is 0 Å². The molecule has 0 fully saturated rings. The first-order valence-corrected chi connectivity index (χ1v) is 7.19. The summed E-state index contributed by atoms with van der Waals surface area (Å²) < 4.78 is 7.47. The van der Waals surface area contributed by atoms with Crippen LogP contribution in [0.4, 0.5) is 0 Å². The summed E-state index contributed by atoms with van der Waals surface area (Å²) in [5.74, 6) is 0.918. The van der Waals surface area contributed by atoms with Crippen LogP contribution in [0.2, 0.25) is 0 Å². The van der Waals surface area contributed by atoms with Gasteiger partial charge in [-0.1, -0.05) is 19.1 Å². The van der Waals surface area contributed by atoms with Crippen molar-refractivity contribution in [3.8, 4) is 5.75 Å². The van der Waals surface area contributed by atoms with Gasteiger partial charge in [-0.2, -0.15) is 5.10 Å². The van der Waals surface area contributed by atoms with Gasteiger partial charge in [0.2, 0.25) is 0 Å². The molecule has 1 unspecified atom stereocenters. The van der Waals surface area contributed by atoms with Crippen LogP contribution in [0, 0.1) is 6.92 Å². The molecule has 0 bridgehead atoms. The number of hydrogen-bond acceptors (Lipinski definition) is 3. The second kappa shape index (κ2) is 7.10. The van der Waals surface area contributed by atoms with Crippen molar-refractivity contribution in [2.45, 2.75) is 33.4 Å². The minimum atomic E-state index is 0.259. The van der Waals surface area contributed by atoms with Crippen molar-refractivity contribution in [2.75, 3.05) is 13.2 Å². The fraction of sp³-hybridized carbons (Fsp3) is 0.438. The van der Waals surface area contributed by atoms with Crippen molar-refractivity contribution >= 4 is 0 Å². The molecule has 1 heterocycles. The van der Waals surface area contributed by atoms with E-state index in [2.05, 4.69) is 29.5 Å². The zero-order chi connectivity index (χ0) is 14.4. The average Bonchev–Trinajstić information content (AvgIpc) is 2.85. The van der Waals surface area contributed by atoms with Crippen LogP contribution in [-0.4, -0.2) is 22.9 Å². The molecule has 0 spiro atoms. The van der Waals surface area contributed by atoms with E-state index < -0.39 is 0 Å². The van der Waals surface area contributed by atoms with Gasteiger partial charge in [0, 0.05) is 6.20 Å². The van der Waals surface area contributed by atoms with E-state index in [1.54, 1.807) is 0 Å². The molecule has 0 radical (unpaired) electrons. The van der Waals surface area contributed by atoms with Crippen LogP contribution >= 0.6 is 0 Å². The highest BCUT2D eigenvalue weighted by atomic mass is 16.5. The normalized spacial score (nSPS) is 12.3. The van der Waals surface area contributed by atoms with Crippen molar-refractivity contribution < 1.29 is 4.74 Å². The summed E-state index contributed by atoms with van der Waals surface area (Å²) in [6.45, 7) is 8.58. The fourth-order valence-electron chi connectivity index (χ4n) is 2.25. The molecule has 0 saturated carbocycles. The summed E-state index contributed by atoms with van der Waals surface area (Å²) in [5.41, 5.74) is 2.30. The Morgan fingerprint density at radius 2 is 1.95 bits per heavy atom. The maximum atomic E-state index is 5.48.